The maximum Gasteiger partial charge on any atom is 0.410 e. The second-order valence-electron chi connectivity index (χ2n) is 10.1. The first kappa shape index (κ1) is 24.8. The maximum atomic E-state index is 13.8. The van der Waals surface area contributed by atoms with Gasteiger partial charge in [-0.1, -0.05) is 33.1 Å². The first-order valence-electron chi connectivity index (χ1n) is 12.3. The van der Waals surface area contributed by atoms with E-state index < -0.39 is 12.2 Å². The Bertz CT molecular complexity index is 659. The highest BCUT2D eigenvalue weighted by Crippen LogP contribution is 2.42. The average Bonchev–Trinajstić information content (AvgIpc) is 3.34. The molecule has 2 unspecified atom stereocenters. The Balaban J connectivity index is 1.77. The van der Waals surface area contributed by atoms with Gasteiger partial charge in [0.25, 0.3) is 5.91 Å². The van der Waals surface area contributed by atoms with Gasteiger partial charge in [-0.2, -0.15) is 5.26 Å². The summed E-state index contributed by atoms with van der Waals surface area (Å²) in [6, 6.07) is 2.20. The minimum Gasteiger partial charge on any atom is -0.436 e. The van der Waals surface area contributed by atoms with Crippen LogP contribution < -0.4 is 5.32 Å². The molecule has 1 aliphatic carbocycles. The number of nitrogens with one attached hydrogen (secondary N) is 1. The Morgan fingerprint density at radius 1 is 1.22 bits per heavy atom. The lowest BCUT2D eigenvalue weighted by Gasteiger charge is -2.40. The zero-order chi connectivity index (χ0) is 23.0. The molecule has 32 heavy (non-hydrogen) atoms. The van der Waals surface area contributed by atoms with Gasteiger partial charge in [0.1, 0.15) is 0 Å². The fourth-order valence-corrected chi connectivity index (χ4v) is 5.38. The van der Waals surface area contributed by atoms with Gasteiger partial charge in [-0.3, -0.25) is 4.79 Å². The van der Waals surface area contributed by atoms with E-state index >= 15 is 0 Å². The van der Waals surface area contributed by atoms with Crippen molar-refractivity contribution in [2.24, 2.45) is 11.3 Å². The third kappa shape index (κ3) is 6.58. The lowest BCUT2D eigenvalue weighted by atomic mass is 9.68. The van der Waals surface area contributed by atoms with Crippen molar-refractivity contribution >= 4 is 12.0 Å². The van der Waals surface area contributed by atoms with Gasteiger partial charge in [0.05, 0.1) is 25.7 Å². The fourth-order valence-electron chi connectivity index (χ4n) is 5.38. The molecule has 2 aliphatic heterocycles. The molecular weight excluding hydrogens is 408 g/mol. The van der Waals surface area contributed by atoms with Crippen molar-refractivity contribution in [1.29, 1.82) is 5.26 Å². The van der Waals surface area contributed by atoms with Gasteiger partial charge < -0.3 is 24.6 Å². The number of hydrogen-bond acceptors (Lipinski definition) is 6. The predicted molar refractivity (Wildman–Crippen MR) is 121 cm³/mol. The second kappa shape index (κ2) is 11.9. The van der Waals surface area contributed by atoms with E-state index in [1.165, 1.54) is 19.3 Å². The Labute approximate surface area is 192 Å². The third-order valence-corrected chi connectivity index (χ3v) is 7.43. The van der Waals surface area contributed by atoms with Gasteiger partial charge in [0.15, 0.2) is 6.10 Å². The number of nitriles is 1. The van der Waals surface area contributed by atoms with Crippen molar-refractivity contribution in [3.63, 3.8) is 0 Å². The van der Waals surface area contributed by atoms with Crippen LogP contribution in [-0.4, -0.2) is 79.9 Å². The van der Waals surface area contributed by atoms with Gasteiger partial charge >= 0.3 is 6.09 Å². The Hall–Kier alpha value is -1.85. The number of carbonyl (C=O) groups excluding carboxylic acids is 2. The normalized spacial score (nSPS) is 23.4. The molecule has 0 aromatic heterocycles. The van der Waals surface area contributed by atoms with Gasteiger partial charge in [0.2, 0.25) is 0 Å². The molecule has 8 heteroatoms. The smallest absolute Gasteiger partial charge is 0.410 e. The summed E-state index contributed by atoms with van der Waals surface area (Å²) in [5, 5.41) is 12.5. The molecule has 3 rings (SSSR count). The van der Waals surface area contributed by atoms with Gasteiger partial charge in [-0.05, 0) is 43.6 Å². The predicted octanol–water partition coefficient (Wildman–Crippen LogP) is 2.92. The Kier molecular flexibility index (Phi) is 9.18. The Morgan fingerprint density at radius 2 is 1.94 bits per heavy atom. The van der Waals surface area contributed by atoms with E-state index in [9.17, 15) is 9.59 Å². The topological polar surface area (TPSA) is 94.9 Å². The summed E-state index contributed by atoms with van der Waals surface area (Å²) in [4.78, 5) is 30.2. The quantitative estimate of drug-likeness (QED) is 0.613. The highest BCUT2D eigenvalue weighted by Gasteiger charge is 2.40. The lowest BCUT2D eigenvalue weighted by molar-refractivity contribution is -0.145. The molecule has 0 aromatic carbocycles. The highest BCUT2D eigenvalue weighted by atomic mass is 16.6. The highest BCUT2D eigenvalue weighted by molar-refractivity contribution is 5.84. The number of morpholine rings is 1. The summed E-state index contributed by atoms with van der Waals surface area (Å²) in [5.74, 6) is 0.369. The standard InChI is InChI=1S/C24H40N4O4/c1-24(2,19-7-4-3-5-8-19)17-21(32-23(30)27-13-15-31-16-14-27)22(29)28(12-6-10-25)20-9-11-26-18-20/h19-21,26H,3-9,11-18H2,1-2H3. The van der Waals surface area contributed by atoms with Crippen molar-refractivity contribution in [2.75, 3.05) is 45.9 Å². The molecule has 2 saturated heterocycles. The van der Waals surface area contributed by atoms with Gasteiger partial charge in [-0.25, -0.2) is 4.79 Å². The van der Waals surface area contributed by atoms with Crippen LogP contribution in [0, 0.1) is 22.7 Å². The van der Waals surface area contributed by atoms with E-state index in [-0.39, 0.29) is 23.8 Å². The molecule has 1 N–H and O–H groups in total. The first-order chi connectivity index (χ1) is 15.4. The molecule has 1 saturated carbocycles. The summed E-state index contributed by atoms with van der Waals surface area (Å²) in [7, 11) is 0. The van der Waals surface area contributed by atoms with E-state index in [0.717, 1.165) is 25.8 Å². The summed E-state index contributed by atoms with van der Waals surface area (Å²) in [6.45, 7) is 8.31. The van der Waals surface area contributed by atoms with Crippen LogP contribution in [0.3, 0.4) is 0 Å². The SMILES string of the molecule is CC(C)(CC(OC(=O)N1CCOCC1)C(=O)N(CCC#N)C1CCNC1)C1CCCCC1. The zero-order valence-electron chi connectivity index (χ0n) is 19.8. The van der Waals surface area contributed by atoms with E-state index in [1.807, 2.05) is 0 Å². The number of hydrogen-bond donors (Lipinski definition) is 1. The molecule has 2 atom stereocenters. The molecule has 0 bridgehead atoms. The molecule has 180 valence electrons. The monoisotopic (exact) mass is 448 g/mol. The van der Waals surface area contributed by atoms with Crippen LogP contribution in [-0.2, 0) is 14.3 Å². The number of ether oxygens (including phenoxy) is 2. The van der Waals surface area contributed by atoms with Crippen molar-refractivity contribution in [2.45, 2.75) is 77.4 Å². The maximum absolute atomic E-state index is 13.8. The summed E-state index contributed by atoms with van der Waals surface area (Å²) >= 11 is 0. The Morgan fingerprint density at radius 3 is 2.56 bits per heavy atom. The van der Waals surface area contributed by atoms with E-state index in [2.05, 4.69) is 25.2 Å². The minimum absolute atomic E-state index is 0.0400. The third-order valence-electron chi connectivity index (χ3n) is 7.43. The van der Waals surface area contributed by atoms with Crippen LogP contribution in [0.25, 0.3) is 0 Å². The second-order valence-corrected chi connectivity index (χ2v) is 10.1. The van der Waals surface area contributed by atoms with E-state index in [4.69, 9.17) is 14.7 Å². The zero-order valence-corrected chi connectivity index (χ0v) is 19.8. The summed E-state index contributed by atoms with van der Waals surface area (Å²) in [5.41, 5.74) is -0.110. The van der Waals surface area contributed by atoms with Crippen LogP contribution >= 0.6 is 0 Å². The van der Waals surface area contributed by atoms with Crippen molar-refractivity contribution in [1.82, 2.24) is 15.1 Å². The van der Waals surface area contributed by atoms with Crippen LogP contribution in [0.4, 0.5) is 4.79 Å². The lowest BCUT2D eigenvalue weighted by Crippen LogP contribution is -2.51. The number of carbonyl (C=O) groups is 2. The van der Waals surface area contributed by atoms with Crippen molar-refractivity contribution in [3.05, 3.63) is 0 Å². The molecule has 0 aromatic rings. The summed E-state index contributed by atoms with van der Waals surface area (Å²) < 4.78 is 11.3. The van der Waals surface area contributed by atoms with E-state index in [1.54, 1.807) is 9.80 Å². The number of nitrogens with zero attached hydrogens (tertiary/aromatic N) is 3. The van der Waals surface area contributed by atoms with Crippen molar-refractivity contribution < 1.29 is 19.1 Å². The van der Waals surface area contributed by atoms with Crippen LogP contribution in [0.2, 0.25) is 0 Å². The van der Waals surface area contributed by atoms with E-state index in [0.29, 0.717) is 51.7 Å². The molecule has 2 heterocycles. The molecule has 2 amide bonds. The molecule has 0 radical (unpaired) electrons. The van der Waals surface area contributed by atoms with Crippen LogP contribution in [0.5, 0.6) is 0 Å². The largest absolute Gasteiger partial charge is 0.436 e. The van der Waals surface area contributed by atoms with Crippen LogP contribution in [0.1, 0.15) is 65.2 Å². The molecule has 0 spiro atoms. The number of rotatable bonds is 8. The van der Waals surface area contributed by atoms with Crippen LogP contribution in [0.15, 0.2) is 0 Å². The minimum atomic E-state index is -0.832. The number of amides is 2. The first-order valence-corrected chi connectivity index (χ1v) is 12.3. The average molecular weight is 449 g/mol. The van der Waals surface area contributed by atoms with Gasteiger partial charge in [-0.15, -0.1) is 0 Å². The molecule has 3 fully saturated rings. The fraction of sp³-hybridized carbons (Fsp3) is 0.875. The molecular formula is C24H40N4O4. The molecule has 3 aliphatic rings. The van der Waals surface area contributed by atoms with Gasteiger partial charge in [0, 0.05) is 32.2 Å². The summed E-state index contributed by atoms with van der Waals surface area (Å²) in [6.07, 6.45) is 6.42. The molecule has 8 nitrogen and oxygen atoms in total. The van der Waals surface area contributed by atoms with Crippen molar-refractivity contribution in [3.8, 4) is 6.07 Å².